The molecular formula is C21H14ClFN2OS. The zero-order valence-corrected chi connectivity index (χ0v) is 15.7. The fourth-order valence-electron chi connectivity index (χ4n) is 2.80. The number of para-hydroxylation sites is 1. The summed E-state index contributed by atoms with van der Waals surface area (Å²) in [5.41, 5.74) is 1.99. The highest BCUT2D eigenvalue weighted by molar-refractivity contribution is 7.98. The highest BCUT2D eigenvalue weighted by Gasteiger charge is 2.13. The van der Waals surface area contributed by atoms with E-state index in [1.165, 1.54) is 23.9 Å². The van der Waals surface area contributed by atoms with Crippen LogP contribution in [0.4, 0.5) is 4.39 Å². The van der Waals surface area contributed by atoms with Crippen LogP contribution in [0.2, 0.25) is 5.02 Å². The van der Waals surface area contributed by atoms with Crippen molar-refractivity contribution in [2.75, 3.05) is 0 Å². The Morgan fingerprint density at radius 1 is 1.00 bits per heavy atom. The molecule has 4 aromatic rings. The van der Waals surface area contributed by atoms with Crippen LogP contribution in [0.25, 0.3) is 16.6 Å². The monoisotopic (exact) mass is 396 g/mol. The SMILES string of the molecule is O=c1c2ccccc2nc(SCc2cccc(F)c2)n1-c1ccc(Cl)cc1. The lowest BCUT2D eigenvalue weighted by molar-refractivity contribution is 0.626. The molecule has 0 bridgehead atoms. The first-order valence-electron chi connectivity index (χ1n) is 8.27. The van der Waals surface area contributed by atoms with Crippen molar-refractivity contribution in [2.45, 2.75) is 10.9 Å². The van der Waals surface area contributed by atoms with E-state index in [0.717, 1.165) is 5.56 Å². The lowest BCUT2D eigenvalue weighted by atomic mass is 10.2. The van der Waals surface area contributed by atoms with E-state index in [-0.39, 0.29) is 11.4 Å². The van der Waals surface area contributed by atoms with Crippen LogP contribution in [-0.2, 0) is 5.75 Å². The summed E-state index contributed by atoms with van der Waals surface area (Å²) in [6.45, 7) is 0. The molecule has 0 aliphatic carbocycles. The largest absolute Gasteiger partial charge is 0.268 e. The number of rotatable bonds is 4. The lowest BCUT2D eigenvalue weighted by Gasteiger charge is -2.13. The highest BCUT2D eigenvalue weighted by Crippen LogP contribution is 2.25. The first-order chi connectivity index (χ1) is 13.1. The van der Waals surface area contributed by atoms with Gasteiger partial charge in [-0.05, 0) is 54.1 Å². The Morgan fingerprint density at radius 3 is 2.56 bits per heavy atom. The highest BCUT2D eigenvalue weighted by atomic mass is 35.5. The third kappa shape index (κ3) is 3.75. The molecule has 0 N–H and O–H groups in total. The fraction of sp³-hybridized carbons (Fsp3) is 0.0476. The van der Waals surface area contributed by atoms with Crippen molar-refractivity contribution in [1.29, 1.82) is 0 Å². The number of nitrogens with zero attached hydrogens (tertiary/aromatic N) is 2. The number of hydrogen-bond acceptors (Lipinski definition) is 3. The average molecular weight is 397 g/mol. The molecular weight excluding hydrogens is 383 g/mol. The molecule has 0 spiro atoms. The molecule has 0 saturated carbocycles. The molecule has 1 heterocycles. The van der Waals surface area contributed by atoms with Gasteiger partial charge in [0.25, 0.3) is 5.56 Å². The summed E-state index contributed by atoms with van der Waals surface area (Å²) in [5.74, 6) is 0.213. The molecule has 0 radical (unpaired) electrons. The Kier molecular flexibility index (Phi) is 4.97. The fourth-order valence-corrected chi connectivity index (χ4v) is 3.88. The Morgan fingerprint density at radius 2 is 1.78 bits per heavy atom. The van der Waals surface area contributed by atoms with Gasteiger partial charge >= 0.3 is 0 Å². The molecule has 1 aromatic heterocycles. The Labute approximate surface area is 164 Å². The van der Waals surface area contributed by atoms with Crippen LogP contribution in [0, 0.1) is 5.82 Å². The number of thioether (sulfide) groups is 1. The van der Waals surface area contributed by atoms with Gasteiger partial charge in [-0.2, -0.15) is 0 Å². The van der Waals surface area contributed by atoms with E-state index < -0.39 is 0 Å². The van der Waals surface area contributed by atoms with Crippen molar-refractivity contribution in [3.05, 3.63) is 99.6 Å². The predicted molar refractivity (Wildman–Crippen MR) is 108 cm³/mol. The molecule has 0 fully saturated rings. The number of hydrogen-bond donors (Lipinski definition) is 0. The van der Waals surface area contributed by atoms with E-state index in [0.29, 0.717) is 32.5 Å². The molecule has 0 aliphatic heterocycles. The molecule has 0 atom stereocenters. The summed E-state index contributed by atoms with van der Waals surface area (Å²) in [6, 6.07) is 20.7. The molecule has 0 aliphatic rings. The van der Waals surface area contributed by atoms with Gasteiger partial charge in [-0.15, -0.1) is 0 Å². The Hall–Kier alpha value is -2.63. The minimum Gasteiger partial charge on any atom is -0.268 e. The van der Waals surface area contributed by atoms with Crippen LogP contribution < -0.4 is 5.56 Å². The maximum atomic E-state index is 13.5. The van der Waals surface area contributed by atoms with Gasteiger partial charge in [0.15, 0.2) is 5.16 Å². The van der Waals surface area contributed by atoms with Gasteiger partial charge in [0.05, 0.1) is 16.6 Å². The number of benzene rings is 3. The summed E-state index contributed by atoms with van der Waals surface area (Å²) in [5, 5.41) is 1.68. The molecule has 0 saturated heterocycles. The topological polar surface area (TPSA) is 34.9 Å². The Bertz CT molecular complexity index is 1170. The second-order valence-electron chi connectivity index (χ2n) is 5.95. The smallest absolute Gasteiger partial charge is 0.266 e. The van der Waals surface area contributed by atoms with Crippen molar-refractivity contribution in [3.63, 3.8) is 0 Å². The van der Waals surface area contributed by atoms with Crippen LogP contribution in [-0.4, -0.2) is 9.55 Å². The van der Waals surface area contributed by atoms with E-state index in [4.69, 9.17) is 11.6 Å². The summed E-state index contributed by atoms with van der Waals surface area (Å²) in [6.07, 6.45) is 0. The summed E-state index contributed by atoms with van der Waals surface area (Å²) in [4.78, 5) is 17.8. The summed E-state index contributed by atoms with van der Waals surface area (Å²) >= 11 is 7.38. The molecule has 0 amide bonds. The standard InChI is InChI=1S/C21H14ClFN2OS/c22-15-8-10-17(11-9-15)25-20(26)18-6-1-2-7-19(18)24-21(25)27-13-14-4-3-5-16(23)12-14/h1-12H,13H2. The van der Waals surface area contributed by atoms with Crippen LogP contribution >= 0.6 is 23.4 Å². The minimum absolute atomic E-state index is 0.148. The van der Waals surface area contributed by atoms with E-state index in [2.05, 4.69) is 4.98 Å². The molecule has 3 nitrogen and oxygen atoms in total. The quantitative estimate of drug-likeness (QED) is 0.339. The van der Waals surface area contributed by atoms with Crippen molar-refractivity contribution in [2.24, 2.45) is 0 Å². The van der Waals surface area contributed by atoms with Gasteiger partial charge in [0, 0.05) is 10.8 Å². The summed E-state index contributed by atoms with van der Waals surface area (Å²) in [7, 11) is 0. The minimum atomic E-state index is -0.283. The molecule has 3 aromatic carbocycles. The normalized spacial score (nSPS) is 11.0. The van der Waals surface area contributed by atoms with Gasteiger partial charge in [0.1, 0.15) is 5.82 Å². The van der Waals surface area contributed by atoms with Gasteiger partial charge in [-0.3, -0.25) is 9.36 Å². The first-order valence-corrected chi connectivity index (χ1v) is 9.63. The van der Waals surface area contributed by atoms with E-state index in [1.54, 1.807) is 41.0 Å². The molecule has 4 rings (SSSR count). The van der Waals surface area contributed by atoms with Crippen molar-refractivity contribution < 1.29 is 4.39 Å². The third-order valence-corrected chi connectivity index (χ3v) is 5.35. The maximum Gasteiger partial charge on any atom is 0.266 e. The van der Waals surface area contributed by atoms with Gasteiger partial charge < -0.3 is 0 Å². The van der Waals surface area contributed by atoms with Crippen LogP contribution in [0.5, 0.6) is 0 Å². The van der Waals surface area contributed by atoms with Gasteiger partial charge in [-0.25, -0.2) is 9.37 Å². The molecule has 134 valence electrons. The van der Waals surface area contributed by atoms with Gasteiger partial charge in [-0.1, -0.05) is 47.6 Å². The summed E-state index contributed by atoms with van der Waals surface area (Å²) < 4.78 is 15.0. The Balaban J connectivity index is 1.83. The van der Waals surface area contributed by atoms with E-state index in [1.807, 2.05) is 24.3 Å². The predicted octanol–water partition coefficient (Wildman–Crippen LogP) is 5.47. The average Bonchev–Trinajstić information content (AvgIpc) is 2.68. The van der Waals surface area contributed by atoms with Crippen molar-refractivity contribution >= 4 is 34.3 Å². The van der Waals surface area contributed by atoms with E-state index >= 15 is 0 Å². The van der Waals surface area contributed by atoms with E-state index in [9.17, 15) is 9.18 Å². The van der Waals surface area contributed by atoms with Crippen molar-refractivity contribution in [1.82, 2.24) is 9.55 Å². The number of aromatic nitrogens is 2. The zero-order chi connectivity index (χ0) is 18.8. The van der Waals surface area contributed by atoms with Crippen molar-refractivity contribution in [3.8, 4) is 5.69 Å². The lowest BCUT2D eigenvalue weighted by Crippen LogP contribution is -2.21. The second kappa shape index (κ2) is 7.55. The number of halogens is 2. The van der Waals surface area contributed by atoms with Crippen LogP contribution in [0.3, 0.4) is 0 Å². The van der Waals surface area contributed by atoms with Crippen LogP contribution in [0.1, 0.15) is 5.56 Å². The third-order valence-electron chi connectivity index (χ3n) is 4.09. The number of fused-ring (bicyclic) bond motifs is 1. The second-order valence-corrected chi connectivity index (χ2v) is 7.33. The molecule has 0 unspecified atom stereocenters. The van der Waals surface area contributed by atoms with Crippen LogP contribution in [0.15, 0.2) is 82.7 Å². The maximum absolute atomic E-state index is 13.5. The zero-order valence-electron chi connectivity index (χ0n) is 14.1. The molecule has 27 heavy (non-hydrogen) atoms. The molecule has 6 heteroatoms. The van der Waals surface area contributed by atoms with Gasteiger partial charge in [0.2, 0.25) is 0 Å². The first kappa shape index (κ1) is 17.8.